The van der Waals surface area contributed by atoms with Crippen LogP contribution in [-0.4, -0.2) is 30.5 Å². The topological polar surface area (TPSA) is 44.1 Å². The normalized spacial score (nSPS) is 12.9. The van der Waals surface area contributed by atoms with Gasteiger partial charge in [0.15, 0.2) is 14.1 Å². The highest BCUT2D eigenvalue weighted by atomic mass is 32.1. The van der Waals surface area contributed by atoms with Crippen molar-refractivity contribution in [2.45, 2.75) is 64.8 Å². The van der Waals surface area contributed by atoms with Crippen LogP contribution in [0.2, 0.25) is 18.1 Å². The Bertz CT molecular complexity index is 1140. The molecule has 0 spiro atoms. The molecule has 0 aliphatic rings. The van der Waals surface area contributed by atoms with Gasteiger partial charge in [0.1, 0.15) is 5.69 Å². The van der Waals surface area contributed by atoms with Gasteiger partial charge in [-0.1, -0.05) is 20.8 Å². The molecule has 0 aliphatic carbocycles. The summed E-state index contributed by atoms with van der Waals surface area (Å²) in [5.41, 5.74) is 1.78. The fraction of sp³-hybridized carbons (Fsp3) is 0.440. The predicted molar refractivity (Wildman–Crippen MR) is 133 cm³/mol. The van der Waals surface area contributed by atoms with Crippen LogP contribution in [0.1, 0.15) is 55.2 Å². The van der Waals surface area contributed by atoms with Crippen molar-refractivity contribution in [1.82, 2.24) is 9.78 Å². The molecular formula is C25H31F3N2O2SSi. The molecular weight excluding hydrogens is 477 g/mol. The first-order valence-electron chi connectivity index (χ1n) is 11.2. The van der Waals surface area contributed by atoms with Crippen molar-refractivity contribution in [2.75, 3.05) is 6.61 Å². The SMILES string of the molecule is Cc1csc(-c2cc(C(=O)CCCO[Si](C)(C)C(C)(C)C)nn2-c2ccc(C(F)(F)F)cc2)c1. The van der Waals surface area contributed by atoms with Crippen LogP contribution in [0.4, 0.5) is 13.2 Å². The molecule has 2 heterocycles. The highest BCUT2D eigenvalue weighted by Gasteiger charge is 2.37. The summed E-state index contributed by atoms with van der Waals surface area (Å²) >= 11 is 1.50. The molecule has 0 bridgehead atoms. The molecule has 34 heavy (non-hydrogen) atoms. The molecule has 0 saturated carbocycles. The van der Waals surface area contributed by atoms with Crippen LogP contribution in [0.15, 0.2) is 41.8 Å². The summed E-state index contributed by atoms with van der Waals surface area (Å²) in [5.74, 6) is -0.112. The molecule has 0 atom stereocenters. The second-order valence-corrected chi connectivity index (χ2v) is 15.7. The first kappa shape index (κ1) is 26.4. The van der Waals surface area contributed by atoms with Gasteiger partial charge in [-0.2, -0.15) is 18.3 Å². The number of alkyl halides is 3. The smallest absolute Gasteiger partial charge is 0.416 e. The van der Waals surface area contributed by atoms with Gasteiger partial charge in [0, 0.05) is 13.0 Å². The maximum absolute atomic E-state index is 13.0. The maximum atomic E-state index is 13.0. The Morgan fingerprint density at radius 1 is 1.12 bits per heavy atom. The molecule has 1 aromatic carbocycles. The average Bonchev–Trinajstić information content (AvgIpc) is 3.36. The Hall–Kier alpha value is -2.23. The molecule has 0 saturated heterocycles. The third-order valence-corrected chi connectivity index (χ3v) is 11.8. The molecule has 184 valence electrons. The summed E-state index contributed by atoms with van der Waals surface area (Å²) in [6.07, 6.45) is -3.53. The number of thiophene rings is 1. The molecule has 2 aromatic heterocycles. The standard InChI is InChI=1S/C25H31F3N2O2SSi/c1-17-14-23(33-16-17)21-15-20(22(31)8-7-13-32-34(5,6)24(2,3)4)29-30(21)19-11-9-18(10-12-19)25(26,27)28/h9-12,14-16H,7-8,13H2,1-6H3. The number of carbonyl (C=O) groups excluding carboxylic acids is 1. The van der Waals surface area contributed by atoms with Crippen molar-refractivity contribution >= 4 is 25.4 Å². The summed E-state index contributed by atoms with van der Waals surface area (Å²) in [6, 6.07) is 8.51. The monoisotopic (exact) mass is 508 g/mol. The van der Waals surface area contributed by atoms with Gasteiger partial charge >= 0.3 is 6.18 Å². The minimum Gasteiger partial charge on any atom is -0.417 e. The number of ketones is 1. The van der Waals surface area contributed by atoms with Crippen LogP contribution >= 0.6 is 11.3 Å². The van der Waals surface area contributed by atoms with E-state index < -0.39 is 20.1 Å². The lowest BCUT2D eigenvalue weighted by Gasteiger charge is -2.36. The molecule has 0 amide bonds. The molecule has 3 rings (SSSR count). The zero-order chi connectivity index (χ0) is 25.3. The van der Waals surface area contributed by atoms with Crippen molar-refractivity contribution in [3.63, 3.8) is 0 Å². The highest BCUT2D eigenvalue weighted by molar-refractivity contribution is 7.13. The summed E-state index contributed by atoms with van der Waals surface area (Å²) in [6.45, 7) is 13.3. The van der Waals surface area contributed by atoms with Gasteiger partial charge in [0.2, 0.25) is 0 Å². The van der Waals surface area contributed by atoms with E-state index in [4.69, 9.17) is 4.43 Å². The van der Waals surface area contributed by atoms with E-state index in [-0.39, 0.29) is 10.8 Å². The minimum absolute atomic E-state index is 0.102. The van der Waals surface area contributed by atoms with Crippen LogP contribution in [0.3, 0.4) is 0 Å². The maximum Gasteiger partial charge on any atom is 0.416 e. The van der Waals surface area contributed by atoms with Crippen LogP contribution in [0.25, 0.3) is 16.3 Å². The Labute approximate surface area is 203 Å². The molecule has 3 aromatic rings. The number of aromatic nitrogens is 2. The number of hydrogen-bond donors (Lipinski definition) is 0. The number of hydrogen-bond acceptors (Lipinski definition) is 4. The Morgan fingerprint density at radius 2 is 1.76 bits per heavy atom. The number of nitrogens with zero attached hydrogens (tertiary/aromatic N) is 2. The van der Waals surface area contributed by atoms with Crippen molar-refractivity contribution in [1.29, 1.82) is 0 Å². The number of halogens is 3. The summed E-state index contributed by atoms with van der Waals surface area (Å²) in [7, 11) is -1.87. The lowest BCUT2D eigenvalue weighted by molar-refractivity contribution is -0.137. The van der Waals surface area contributed by atoms with Gasteiger partial charge in [-0.15, -0.1) is 11.3 Å². The summed E-state index contributed by atoms with van der Waals surface area (Å²) < 4.78 is 46.7. The molecule has 0 aliphatic heterocycles. The van der Waals surface area contributed by atoms with Crippen molar-refractivity contribution in [3.8, 4) is 16.3 Å². The second-order valence-electron chi connectivity index (χ2n) is 10.00. The van der Waals surface area contributed by atoms with Gasteiger partial charge < -0.3 is 4.43 Å². The first-order valence-corrected chi connectivity index (χ1v) is 15.0. The van der Waals surface area contributed by atoms with Crippen molar-refractivity contribution in [3.05, 3.63) is 58.6 Å². The number of Topliss-reactive ketones (excluding diaryl/α,β-unsaturated/α-hetero) is 1. The minimum atomic E-state index is -4.41. The quantitative estimate of drug-likeness (QED) is 0.176. The third kappa shape index (κ3) is 6.06. The number of benzene rings is 1. The van der Waals surface area contributed by atoms with Gasteiger partial charge in [0.25, 0.3) is 0 Å². The third-order valence-electron chi connectivity index (χ3n) is 6.23. The predicted octanol–water partition coefficient (Wildman–Crippen LogP) is 7.91. The van der Waals surface area contributed by atoms with E-state index in [0.717, 1.165) is 22.6 Å². The van der Waals surface area contributed by atoms with E-state index in [2.05, 4.69) is 39.0 Å². The zero-order valence-electron chi connectivity index (χ0n) is 20.4. The van der Waals surface area contributed by atoms with E-state index >= 15 is 0 Å². The lowest BCUT2D eigenvalue weighted by Crippen LogP contribution is -2.41. The average molecular weight is 509 g/mol. The molecule has 0 N–H and O–H groups in total. The van der Waals surface area contributed by atoms with Crippen LogP contribution in [-0.2, 0) is 10.6 Å². The van der Waals surface area contributed by atoms with Crippen LogP contribution < -0.4 is 0 Å². The van der Waals surface area contributed by atoms with Crippen molar-refractivity contribution < 1.29 is 22.4 Å². The van der Waals surface area contributed by atoms with E-state index in [1.165, 1.54) is 23.5 Å². The molecule has 0 fully saturated rings. The van der Waals surface area contributed by atoms with Gasteiger partial charge in [-0.3, -0.25) is 4.79 Å². The zero-order valence-corrected chi connectivity index (χ0v) is 22.2. The second kappa shape index (κ2) is 9.79. The molecule has 4 nitrogen and oxygen atoms in total. The van der Waals surface area contributed by atoms with E-state index in [9.17, 15) is 18.0 Å². The highest BCUT2D eigenvalue weighted by Crippen LogP contribution is 2.37. The molecule has 9 heteroatoms. The largest absolute Gasteiger partial charge is 0.417 e. The van der Waals surface area contributed by atoms with Crippen LogP contribution in [0.5, 0.6) is 0 Å². The molecule has 0 unspecified atom stereocenters. The molecule has 0 radical (unpaired) electrons. The Kier molecular flexibility index (Phi) is 7.59. The van der Waals surface area contributed by atoms with Crippen LogP contribution in [0, 0.1) is 6.92 Å². The van der Waals surface area contributed by atoms with Gasteiger partial charge in [-0.05, 0) is 78.8 Å². The fourth-order valence-corrected chi connectivity index (χ4v) is 5.14. The summed E-state index contributed by atoms with van der Waals surface area (Å²) in [5, 5.41) is 6.57. The van der Waals surface area contributed by atoms with E-state index in [0.29, 0.717) is 36.5 Å². The van der Waals surface area contributed by atoms with Gasteiger partial charge in [-0.25, -0.2) is 4.68 Å². The summed E-state index contributed by atoms with van der Waals surface area (Å²) in [4.78, 5) is 13.8. The van der Waals surface area contributed by atoms with E-state index in [1.54, 1.807) is 10.7 Å². The Morgan fingerprint density at radius 3 is 2.29 bits per heavy atom. The lowest BCUT2D eigenvalue weighted by atomic mass is 10.1. The van der Waals surface area contributed by atoms with Gasteiger partial charge in [0.05, 0.1) is 21.8 Å². The fourth-order valence-electron chi connectivity index (χ4n) is 3.15. The van der Waals surface area contributed by atoms with Crippen molar-refractivity contribution in [2.24, 2.45) is 0 Å². The van der Waals surface area contributed by atoms with E-state index in [1.807, 2.05) is 18.4 Å². The Balaban J connectivity index is 1.81. The first-order chi connectivity index (χ1) is 15.7. The number of carbonyl (C=O) groups is 1. The number of rotatable bonds is 8. The number of aryl methyl sites for hydroxylation is 1.